The van der Waals surface area contributed by atoms with E-state index in [1.807, 2.05) is 11.0 Å². The minimum Gasteiger partial charge on any atom is -0.454 e. The van der Waals surface area contributed by atoms with Gasteiger partial charge >= 0.3 is 0 Å². The van der Waals surface area contributed by atoms with Crippen LogP contribution in [0.3, 0.4) is 0 Å². The molecular formula is C29H31FN2O3. The Balaban J connectivity index is 1.34. The van der Waals surface area contributed by atoms with Gasteiger partial charge < -0.3 is 14.4 Å². The monoisotopic (exact) mass is 474 g/mol. The largest absolute Gasteiger partial charge is 0.454 e. The first kappa shape index (κ1) is 23.4. The Labute approximate surface area is 206 Å². The Morgan fingerprint density at radius 3 is 2.43 bits per heavy atom. The van der Waals surface area contributed by atoms with E-state index in [0.717, 1.165) is 36.7 Å². The van der Waals surface area contributed by atoms with Gasteiger partial charge in [-0.25, -0.2) is 4.39 Å². The fraction of sp³-hybridized carbons (Fsp3) is 0.345. The van der Waals surface area contributed by atoms with Crippen molar-refractivity contribution < 1.29 is 18.7 Å². The SMILES string of the molecule is CC(=O)N(Cc1ccc(F)cc1)C[C@H]1CN(Cc2ccc3c(c2)OCO3)C[C@@H]1c1ccc(C)cc1. The van der Waals surface area contributed by atoms with E-state index in [-0.39, 0.29) is 24.4 Å². The highest BCUT2D eigenvalue weighted by atomic mass is 19.1. The Morgan fingerprint density at radius 1 is 0.971 bits per heavy atom. The number of fused-ring (bicyclic) bond motifs is 1. The molecule has 0 aromatic heterocycles. The van der Waals surface area contributed by atoms with Gasteiger partial charge in [-0.2, -0.15) is 0 Å². The summed E-state index contributed by atoms with van der Waals surface area (Å²) in [6.45, 7) is 7.75. The molecule has 2 aliphatic heterocycles. The van der Waals surface area contributed by atoms with E-state index in [2.05, 4.69) is 48.2 Å². The zero-order chi connectivity index (χ0) is 24.4. The van der Waals surface area contributed by atoms with Crippen LogP contribution in [0.5, 0.6) is 11.5 Å². The predicted octanol–water partition coefficient (Wildman–Crippen LogP) is 5.13. The molecule has 0 saturated carbocycles. The molecule has 2 heterocycles. The number of carbonyl (C=O) groups is 1. The van der Waals surface area contributed by atoms with Crippen LogP contribution in [0.25, 0.3) is 0 Å². The maximum Gasteiger partial charge on any atom is 0.231 e. The third kappa shape index (κ3) is 5.49. The smallest absolute Gasteiger partial charge is 0.231 e. The molecule has 6 heteroatoms. The van der Waals surface area contributed by atoms with Crippen LogP contribution in [-0.2, 0) is 17.9 Å². The van der Waals surface area contributed by atoms with Crippen molar-refractivity contribution >= 4 is 5.91 Å². The van der Waals surface area contributed by atoms with Crippen molar-refractivity contribution in [1.29, 1.82) is 0 Å². The van der Waals surface area contributed by atoms with Crippen LogP contribution in [0.1, 0.15) is 35.1 Å². The number of hydrogen-bond acceptors (Lipinski definition) is 4. The second kappa shape index (κ2) is 10.1. The van der Waals surface area contributed by atoms with Crippen molar-refractivity contribution in [3.05, 3.63) is 94.8 Å². The number of benzene rings is 3. The van der Waals surface area contributed by atoms with Crippen LogP contribution in [0.2, 0.25) is 0 Å². The molecule has 3 aromatic rings. The summed E-state index contributed by atoms with van der Waals surface area (Å²) in [6.07, 6.45) is 0. The van der Waals surface area contributed by atoms with E-state index < -0.39 is 0 Å². The maximum absolute atomic E-state index is 13.4. The molecular weight excluding hydrogens is 443 g/mol. The van der Waals surface area contributed by atoms with Crippen molar-refractivity contribution in [2.75, 3.05) is 26.4 Å². The molecule has 0 spiro atoms. The maximum atomic E-state index is 13.4. The van der Waals surface area contributed by atoms with Gasteiger partial charge in [0.2, 0.25) is 12.7 Å². The van der Waals surface area contributed by atoms with Crippen LogP contribution in [0, 0.1) is 18.7 Å². The molecule has 182 valence electrons. The summed E-state index contributed by atoms with van der Waals surface area (Å²) in [6, 6.07) is 21.3. The van der Waals surface area contributed by atoms with Crippen molar-refractivity contribution in [1.82, 2.24) is 9.80 Å². The third-order valence-corrected chi connectivity index (χ3v) is 7.05. The first-order valence-electron chi connectivity index (χ1n) is 12.1. The van der Waals surface area contributed by atoms with Gasteiger partial charge in [0, 0.05) is 45.6 Å². The van der Waals surface area contributed by atoms with E-state index in [0.29, 0.717) is 19.0 Å². The summed E-state index contributed by atoms with van der Waals surface area (Å²) in [5.41, 5.74) is 4.66. The highest BCUT2D eigenvalue weighted by molar-refractivity contribution is 5.73. The van der Waals surface area contributed by atoms with Crippen molar-refractivity contribution in [3.8, 4) is 11.5 Å². The van der Waals surface area contributed by atoms with E-state index >= 15 is 0 Å². The number of aryl methyl sites for hydroxylation is 1. The van der Waals surface area contributed by atoms with Crippen LogP contribution >= 0.6 is 0 Å². The quantitative estimate of drug-likeness (QED) is 0.476. The molecule has 5 rings (SSSR count). The molecule has 3 aromatic carbocycles. The highest BCUT2D eigenvalue weighted by Gasteiger charge is 2.35. The Bertz CT molecular complexity index is 1180. The number of hydrogen-bond donors (Lipinski definition) is 0. The molecule has 0 unspecified atom stereocenters. The van der Waals surface area contributed by atoms with Crippen LogP contribution < -0.4 is 9.47 Å². The van der Waals surface area contributed by atoms with Crippen molar-refractivity contribution in [3.63, 3.8) is 0 Å². The van der Waals surface area contributed by atoms with Gasteiger partial charge in [0.25, 0.3) is 0 Å². The third-order valence-electron chi connectivity index (χ3n) is 7.05. The molecule has 1 saturated heterocycles. The second-order valence-corrected chi connectivity index (χ2v) is 9.68. The molecule has 1 amide bonds. The lowest BCUT2D eigenvalue weighted by Crippen LogP contribution is -2.35. The molecule has 0 radical (unpaired) electrons. The lowest BCUT2D eigenvalue weighted by Gasteiger charge is -2.28. The minimum atomic E-state index is -0.266. The lowest BCUT2D eigenvalue weighted by atomic mass is 9.88. The van der Waals surface area contributed by atoms with Gasteiger partial charge in [-0.1, -0.05) is 48.0 Å². The van der Waals surface area contributed by atoms with Gasteiger partial charge in [0.1, 0.15) is 5.82 Å². The van der Waals surface area contributed by atoms with E-state index in [4.69, 9.17) is 9.47 Å². The molecule has 0 bridgehead atoms. The fourth-order valence-corrected chi connectivity index (χ4v) is 5.16. The lowest BCUT2D eigenvalue weighted by molar-refractivity contribution is -0.130. The molecule has 5 nitrogen and oxygen atoms in total. The van der Waals surface area contributed by atoms with Crippen molar-refractivity contribution in [2.24, 2.45) is 5.92 Å². The molecule has 2 atom stereocenters. The summed E-state index contributed by atoms with van der Waals surface area (Å²) in [7, 11) is 0. The number of likely N-dealkylation sites (tertiary alicyclic amines) is 1. The van der Waals surface area contributed by atoms with Gasteiger partial charge in [-0.3, -0.25) is 9.69 Å². The molecule has 35 heavy (non-hydrogen) atoms. The summed E-state index contributed by atoms with van der Waals surface area (Å²) < 4.78 is 24.4. The molecule has 2 aliphatic rings. The number of halogens is 1. The zero-order valence-electron chi connectivity index (χ0n) is 20.2. The fourth-order valence-electron chi connectivity index (χ4n) is 5.16. The summed E-state index contributed by atoms with van der Waals surface area (Å²) in [5.74, 6) is 1.97. The Kier molecular flexibility index (Phi) is 6.73. The summed E-state index contributed by atoms with van der Waals surface area (Å²) >= 11 is 0. The highest BCUT2D eigenvalue weighted by Crippen LogP contribution is 2.37. The van der Waals surface area contributed by atoms with E-state index in [1.165, 1.54) is 28.8 Å². The van der Waals surface area contributed by atoms with Crippen LogP contribution in [-0.4, -0.2) is 42.1 Å². The number of rotatable bonds is 7. The first-order chi connectivity index (χ1) is 16.9. The van der Waals surface area contributed by atoms with Gasteiger partial charge in [0.05, 0.1) is 0 Å². The van der Waals surface area contributed by atoms with Gasteiger partial charge in [-0.15, -0.1) is 0 Å². The first-order valence-corrected chi connectivity index (χ1v) is 12.1. The van der Waals surface area contributed by atoms with E-state index in [9.17, 15) is 9.18 Å². The Hall–Kier alpha value is -3.38. The predicted molar refractivity (Wildman–Crippen MR) is 133 cm³/mol. The summed E-state index contributed by atoms with van der Waals surface area (Å²) in [4.78, 5) is 16.9. The topological polar surface area (TPSA) is 42.0 Å². The zero-order valence-corrected chi connectivity index (χ0v) is 20.2. The van der Waals surface area contributed by atoms with Crippen molar-refractivity contribution in [2.45, 2.75) is 32.9 Å². The van der Waals surface area contributed by atoms with Gasteiger partial charge in [-0.05, 0) is 53.8 Å². The number of carbonyl (C=O) groups excluding carboxylic acids is 1. The number of ether oxygens (including phenoxy) is 2. The number of nitrogens with zero attached hydrogens (tertiary/aromatic N) is 2. The molecule has 0 N–H and O–H groups in total. The average Bonchev–Trinajstić information content (AvgIpc) is 3.47. The van der Waals surface area contributed by atoms with E-state index in [1.54, 1.807) is 19.1 Å². The molecule has 0 aliphatic carbocycles. The van der Waals surface area contributed by atoms with Gasteiger partial charge in [0.15, 0.2) is 11.5 Å². The number of amides is 1. The Morgan fingerprint density at radius 2 is 1.69 bits per heavy atom. The standard InChI is InChI=1S/C29H31FN2O3/c1-20-3-8-24(9-4-20)27-18-31(14-23-7-12-28-29(13-23)35-19-34-28)16-25(27)17-32(21(2)33)15-22-5-10-26(30)11-6-22/h3-13,25,27H,14-19H2,1-2H3/t25-,27-/m1/s1. The average molecular weight is 475 g/mol. The second-order valence-electron chi connectivity index (χ2n) is 9.68. The summed E-state index contributed by atoms with van der Waals surface area (Å²) in [5, 5.41) is 0. The minimum absolute atomic E-state index is 0.0335. The van der Waals surface area contributed by atoms with Crippen LogP contribution in [0.15, 0.2) is 66.7 Å². The van der Waals surface area contributed by atoms with Crippen LogP contribution in [0.4, 0.5) is 4.39 Å². The normalized spacial score (nSPS) is 19.2. The molecule has 1 fully saturated rings.